The molecule has 4 nitrogen and oxygen atoms in total. The quantitative estimate of drug-likeness (QED) is 0.910. The predicted octanol–water partition coefficient (Wildman–Crippen LogP) is 1.37. The predicted molar refractivity (Wildman–Crippen MR) is 90.6 cm³/mol. The Hall–Kier alpha value is -1.55. The SMILES string of the molecule is C[C@@H]1CCC[C@@H]([NH+]2CCN(C(=O)COc3ccccc3)CC2)C1. The molecule has 4 heteroatoms. The molecule has 1 N–H and O–H groups in total. The highest BCUT2D eigenvalue weighted by molar-refractivity contribution is 5.77. The van der Waals surface area contributed by atoms with Gasteiger partial charge in [0.2, 0.25) is 0 Å². The third-order valence-electron chi connectivity index (χ3n) is 5.38. The summed E-state index contributed by atoms with van der Waals surface area (Å²) >= 11 is 0. The lowest BCUT2D eigenvalue weighted by molar-refractivity contribution is -0.930. The van der Waals surface area contributed by atoms with Crippen molar-refractivity contribution in [1.82, 2.24) is 4.90 Å². The lowest BCUT2D eigenvalue weighted by Crippen LogP contribution is -3.18. The van der Waals surface area contributed by atoms with Gasteiger partial charge in [0.05, 0.1) is 32.2 Å². The molecule has 1 aromatic rings. The molecule has 126 valence electrons. The van der Waals surface area contributed by atoms with E-state index in [-0.39, 0.29) is 12.5 Å². The maximum Gasteiger partial charge on any atom is 0.260 e. The van der Waals surface area contributed by atoms with Gasteiger partial charge in [0, 0.05) is 6.42 Å². The molecule has 0 unspecified atom stereocenters. The first kappa shape index (κ1) is 16.3. The molecule has 1 saturated carbocycles. The van der Waals surface area contributed by atoms with Gasteiger partial charge < -0.3 is 14.5 Å². The lowest BCUT2D eigenvalue weighted by atomic mass is 9.86. The zero-order chi connectivity index (χ0) is 16.1. The fraction of sp³-hybridized carbons (Fsp3) is 0.632. The van der Waals surface area contributed by atoms with Gasteiger partial charge in [-0.2, -0.15) is 0 Å². The Kier molecular flexibility index (Phi) is 5.55. The summed E-state index contributed by atoms with van der Waals surface area (Å²) in [4.78, 5) is 16.0. The van der Waals surface area contributed by atoms with Crippen LogP contribution in [-0.4, -0.2) is 49.6 Å². The molecule has 3 rings (SSSR count). The molecule has 0 spiro atoms. The van der Waals surface area contributed by atoms with E-state index in [1.54, 1.807) is 4.90 Å². The molecule has 0 radical (unpaired) electrons. The number of hydrogen-bond donors (Lipinski definition) is 1. The van der Waals surface area contributed by atoms with E-state index in [1.165, 1.54) is 25.7 Å². The molecule has 0 bridgehead atoms. The summed E-state index contributed by atoms with van der Waals surface area (Å²) in [6, 6.07) is 10.4. The van der Waals surface area contributed by atoms with Crippen LogP contribution in [0.15, 0.2) is 30.3 Å². The Morgan fingerprint density at radius 2 is 1.96 bits per heavy atom. The highest BCUT2D eigenvalue weighted by atomic mass is 16.5. The van der Waals surface area contributed by atoms with Crippen LogP contribution < -0.4 is 9.64 Å². The molecule has 1 heterocycles. The Balaban J connectivity index is 1.42. The number of piperazine rings is 1. The number of carbonyl (C=O) groups excluding carboxylic acids is 1. The average Bonchev–Trinajstić information content (AvgIpc) is 2.61. The maximum atomic E-state index is 12.3. The molecule has 1 amide bonds. The molecule has 23 heavy (non-hydrogen) atoms. The third-order valence-corrected chi connectivity index (χ3v) is 5.38. The minimum Gasteiger partial charge on any atom is -0.484 e. The van der Waals surface area contributed by atoms with E-state index in [2.05, 4.69) is 6.92 Å². The fourth-order valence-electron chi connectivity index (χ4n) is 4.01. The van der Waals surface area contributed by atoms with Gasteiger partial charge in [0.25, 0.3) is 5.91 Å². The summed E-state index contributed by atoms with van der Waals surface area (Å²) in [5, 5.41) is 0. The van der Waals surface area contributed by atoms with Crippen molar-refractivity contribution < 1.29 is 14.4 Å². The van der Waals surface area contributed by atoms with Crippen LogP contribution in [-0.2, 0) is 4.79 Å². The Morgan fingerprint density at radius 3 is 2.65 bits per heavy atom. The van der Waals surface area contributed by atoms with Crippen molar-refractivity contribution in [3.8, 4) is 5.75 Å². The molecule has 2 fully saturated rings. The van der Waals surface area contributed by atoms with Gasteiger partial charge >= 0.3 is 0 Å². The van der Waals surface area contributed by atoms with Crippen molar-refractivity contribution in [2.75, 3.05) is 32.8 Å². The van der Waals surface area contributed by atoms with Gasteiger partial charge in [-0.1, -0.05) is 31.5 Å². The van der Waals surface area contributed by atoms with E-state index in [9.17, 15) is 4.79 Å². The Bertz CT molecular complexity index is 497. The minimum atomic E-state index is 0.116. The van der Waals surface area contributed by atoms with Crippen molar-refractivity contribution in [3.05, 3.63) is 30.3 Å². The highest BCUT2D eigenvalue weighted by Crippen LogP contribution is 2.22. The van der Waals surface area contributed by atoms with E-state index in [1.807, 2.05) is 35.2 Å². The topological polar surface area (TPSA) is 34.0 Å². The number of amides is 1. The smallest absolute Gasteiger partial charge is 0.260 e. The van der Waals surface area contributed by atoms with E-state index in [4.69, 9.17) is 4.74 Å². The Labute approximate surface area is 139 Å². The normalized spacial score (nSPS) is 26.0. The van der Waals surface area contributed by atoms with Crippen LogP contribution in [0.2, 0.25) is 0 Å². The number of carbonyl (C=O) groups is 1. The number of nitrogens with zero attached hydrogens (tertiary/aromatic N) is 1. The molecule has 2 atom stereocenters. The van der Waals surface area contributed by atoms with Crippen LogP contribution in [0.25, 0.3) is 0 Å². The van der Waals surface area contributed by atoms with Crippen molar-refractivity contribution in [3.63, 3.8) is 0 Å². The molecule has 1 aliphatic carbocycles. The second kappa shape index (κ2) is 7.82. The summed E-state index contributed by atoms with van der Waals surface area (Å²) in [6.07, 6.45) is 5.50. The molecule has 1 aliphatic heterocycles. The average molecular weight is 317 g/mol. The van der Waals surface area contributed by atoms with E-state index in [0.717, 1.165) is 43.9 Å². The molecular formula is C19H29N2O2+. The zero-order valence-corrected chi connectivity index (χ0v) is 14.2. The van der Waals surface area contributed by atoms with Gasteiger partial charge in [0.15, 0.2) is 6.61 Å². The fourth-order valence-corrected chi connectivity index (χ4v) is 4.01. The number of rotatable bonds is 4. The summed E-state index contributed by atoms with van der Waals surface area (Å²) in [5.74, 6) is 1.76. The van der Waals surface area contributed by atoms with Crippen LogP contribution >= 0.6 is 0 Å². The van der Waals surface area contributed by atoms with Crippen LogP contribution in [0.3, 0.4) is 0 Å². The van der Waals surface area contributed by atoms with Crippen LogP contribution in [0.1, 0.15) is 32.6 Å². The highest BCUT2D eigenvalue weighted by Gasteiger charge is 2.31. The molecule has 1 aromatic carbocycles. The third kappa shape index (κ3) is 4.47. The molecular weight excluding hydrogens is 288 g/mol. The van der Waals surface area contributed by atoms with Crippen molar-refractivity contribution >= 4 is 5.91 Å². The first-order chi connectivity index (χ1) is 11.2. The van der Waals surface area contributed by atoms with Crippen LogP contribution in [0.5, 0.6) is 5.75 Å². The number of nitrogens with one attached hydrogen (secondary N) is 1. The van der Waals surface area contributed by atoms with Crippen LogP contribution in [0.4, 0.5) is 0 Å². The zero-order valence-electron chi connectivity index (χ0n) is 14.2. The van der Waals surface area contributed by atoms with Gasteiger partial charge in [0.1, 0.15) is 5.75 Å². The second-order valence-corrected chi connectivity index (χ2v) is 7.11. The standard InChI is InChI=1S/C19H28N2O2/c1-16-6-5-7-17(14-16)20-10-12-21(13-11-20)19(22)15-23-18-8-3-2-4-9-18/h2-4,8-9,16-17H,5-7,10-15H2,1H3/p+1/t16-,17-/m1/s1. The van der Waals surface area contributed by atoms with E-state index in [0.29, 0.717) is 0 Å². The summed E-state index contributed by atoms with van der Waals surface area (Å²) < 4.78 is 5.58. The summed E-state index contributed by atoms with van der Waals surface area (Å²) in [7, 11) is 0. The van der Waals surface area contributed by atoms with Crippen LogP contribution in [0, 0.1) is 5.92 Å². The largest absolute Gasteiger partial charge is 0.484 e. The summed E-state index contributed by atoms with van der Waals surface area (Å²) in [6.45, 7) is 6.46. The minimum absolute atomic E-state index is 0.116. The summed E-state index contributed by atoms with van der Waals surface area (Å²) in [5.41, 5.74) is 0. The van der Waals surface area contributed by atoms with Crippen molar-refractivity contribution in [2.45, 2.75) is 38.6 Å². The first-order valence-electron chi connectivity index (χ1n) is 9.02. The Morgan fingerprint density at radius 1 is 1.22 bits per heavy atom. The first-order valence-corrected chi connectivity index (χ1v) is 9.02. The van der Waals surface area contributed by atoms with Gasteiger partial charge in [-0.3, -0.25) is 4.79 Å². The van der Waals surface area contributed by atoms with Gasteiger partial charge in [-0.25, -0.2) is 0 Å². The number of quaternary nitrogens is 1. The number of benzene rings is 1. The maximum absolute atomic E-state index is 12.3. The molecule has 2 aliphatic rings. The van der Waals surface area contributed by atoms with Crippen molar-refractivity contribution in [1.29, 1.82) is 0 Å². The monoisotopic (exact) mass is 317 g/mol. The number of ether oxygens (including phenoxy) is 1. The van der Waals surface area contributed by atoms with E-state index < -0.39 is 0 Å². The van der Waals surface area contributed by atoms with Gasteiger partial charge in [-0.15, -0.1) is 0 Å². The lowest BCUT2D eigenvalue weighted by Gasteiger charge is -2.39. The number of hydrogen-bond acceptors (Lipinski definition) is 2. The molecule has 0 aromatic heterocycles. The van der Waals surface area contributed by atoms with Gasteiger partial charge in [-0.05, 0) is 30.9 Å². The second-order valence-electron chi connectivity index (χ2n) is 7.11. The number of para-hydroxylation sites is 1. The molecule has 1 saturated heterocycles. The van der Waals surface area contributed by atoms with Crippen molar-refractivity contribution in [2.24, 2.45) is 5.92 Å². The van der Waals surface area contributed by atoms with E-state index >= 15 is 0 Å².